The Kier molecular flexibility index (Phi) is 2.85. The molecule has 1 aromatic carbocycles. The van der Waals surface area contributed by atoms with E-state index >= 15 is 0 Å². The van der Waals surface area contributed by atoms with Gasteiger partial charge in [-0.1, -0.05) is 12.1 Å². The number of nitrogens with zero attached hydrogens (tertiary/aromatic N) is 1. The summed E-state index contributed by atoms with van der Waals surface area (Å²) in [4.78, 5) is 4.55. The molecule has 0 spiro atoms. The van der Waals surface area contributed by atoms with Crippen LogP contribution in [0, 0.1) is 12.8 Å². The predicted octanol–water partition coefficient (Wildman–Crippen LogP) is 2.68. The van der Waals surface area contributed by atoms with Crippen LogP contribution in [-0.2, 0) is 6.42 Å². The van der Waals surface area contributed by atoms with Gasteiger partial charge in [0.2, 0.25) is 0 Å². The van der Waals surface area contributed by atoms with E-state index in [1.807, 2.05) is 12.1 Å². The zero-order valence-electron chi connectivity index (χ0n) is 10.2. The predicted molar refractivity (Wildman–Crippen MR) is 68.0 cm³/mol. The molecule has 1 N–H and O–H groups in total. The van der Waals surface area contributed by atoms with Crippen LogP contribution in [0.3, 0.4) is 0 Å². The average Bonchev–Trinajstić information content (AvgIpc) is 2.95. The van der Waals surface area contributed by atoms with E-state index in [-0.39, 0.29) is 0 Å². The molecule has 2 aromatic rings. The minimum absolute atomic E-state index is 0.797. The Hall–Kier alpha value is -1.35. The first-order valence-corrected chi connectivity index (χ1v) is 6.38. The summed E-state index contributed by atoms with van der Waals surface area (Å²) < 4.78 is 5.83. The summed E-state index contributed by atoms with van der Waals surface area (Å²) in [6.07, 6.45) is 3.43. The van der Waals surface area contributed by atoms with E-state index in [2.05, 4.69) is 23.3 Å². The van der Waals surface area contributed by atoms with Gasteiger partial charge < -0.3 is 9.73 Å². The van der Waals surface area contributed by atoms with Crippen LogP contribution in [0.4, 0.5) is 0 Å². The van der Waals surface area contributed by atoms with Gasteiger partial charge >= 0.3 is 0 Å². The number of rotatable bonds is 3. The van der Waals surface area contributed by atoms with Crippen molar-refractivity contribution in [2.24, 2.45) is 5.92 Å². The second-order valence-electron chi connectivity index (χ2n) is 4.93. The molecule has 1 unspecified atom stereocenters. The van der Waals surface area contributed by atoms with Crippen LogP contribution < -0.4 is 5.32 Å². The second kappa shape index (κ2) is 4.49. The summed E-state index contributed by atoms with van der Waals surface area (Å²) in [6.45, 7) is 4.38. The highest BCUT2D eigenvalue weighted by molar-refractivity contribution is 5.75. The number of benzene rings is 1. The number of fused-ring (bicyclic) bond motifs is 1. The number of hydrogen-bond acceptors (Lipinski definition) is 3. The number of para-hydroxylation sites is 1. The van der Waals surface area contributed by atoms with E-state index in [0.29, 0.717) is 0 Å². The van der Waals surface area contributed by atoms with Gasteiger partial charge in [0.25, 0.3) is 0 Å². The van der Waals surface area contributed by atoms with E-state index in [9.17, 15) is 0 Å². The Labute approximate surface area is 101 Å². The van der Waals surface area contributed by atoms with Crippen LogP contribution in [0.2, 0.25) is 0 Å². The fraction of sp³-hybridized carbons (Fsp3) is 0.500. The van der Waals surface area contributed by atoms with Gasteiger partial charge in [-0.3, -0.25) is 0 Å². The smallest absolute Gasteiger partial charge is 0.195 e. The van der Waals surface area contributed by atoms with Gasteiger partial charge in [0.15, 0.2) is 11.5 Å². The number of aromatic nitrogens is 1. The summed E-state index contributed by atoms with van der Waals surface area (Å²) in [5.74, 6) is 1.69. The third kappa shape index (κ3) is 2.20. The first kappa shape index (κ1) is 10.8. The maximum Gasteiger partial charge on any atom is 0.195 e. The van der Waals surface area contributed by atoms with Gasteiger partial charge in [-0.05, 0) is 50.4 Å². The van der Waals surface area contributed by atoms with E-state index < -0.39 is 0 Å². The van der Waals surface area contributed by atoms with Crippen LogP contribution in [0.15, 0.2) is 22.6 Å². The van der Waals surface area contributed by atoms with Crippen molar-refractivity contribution in [1.29, 1.82) is 0 Å². The van der Waals surface area contributed by atoms with Gasteiger partial charge in [0, 0.05) is 6.42 Å². The zero-order chi connectivity index (χ0) is 11.7. The molecular weight excluding hydrogens is 212 g/mol. The standard InChI is InChI=1S/C14H18N2O/c1-10-3-2-4-12-14(10)17-13(16-12)6-5-11-7-8-15-9-11/h2-4,11,15H,5-9H2,1H3. The maximum atomic E-state index is 5.83. The van der Waals surface area contributed by atoms with Crippen LogP contribution in [0.5, 0.6) is 0 Å². The normalized spacial score (nSPS) is 20.2. The fourth-order valence-electron chi connectivity index (χ4n) is 2.53. The third-order valence-corrected chi connectivity index (χ3v) is 3.58. The van der Waals surface area contributed by atoms with Crippen molar-refractivity contribution >= 4 is 11.1 Å². The Bertz CT molecular complexity index is 512. The molecule has 1 saturated heterocycles. The first-order chi connectivity index (χ1) is 8.33. The SMILES string of the molecule is Cc1cccc2nc(CCC3CCNC3)oc12. The minimum atomic E-state index is 0.797. The van der Waals surface area contributed by atoms with E-state index in [0.717, 1.165) is 42.4 Å². The zero-order valence-corrected chi connectivity index (χ0v) is 10.2. The molecule has 1 atom stereocenters. The lowest BCUT2D eigenvalue weighted by atomic mass is 10.0. The highest BCUT2D eigenvalue weighted by Crippen LogP contribution is 2.21. The largest absolute Gasteiger partial charge is 0.440 e. The van der Waals surface area contributed by atoms with Crippen molar-refractivity contribution in [1.82, 2.24) is 10.3 Å². The van der Waals surface area contributed by atoms with Crippen molar-refractivity contribution < 1.29 is 4.42 Å². The highest BCUT2D eigenvalue weighted by atomic mass is 16.3. The van der Waals surface area contributed by atoms with Gasteiger partial charge in [-0.15, -0.1) is 0 Å². The molecule has 0 saturated carbocycles. The quantitative estimate of drug-likeness (QED) is 0.881. The van der Waals surface area contributed by atoms with E-state index in [1.54, 1.807) is 0 Å². The molecule has 17 heavy (non-hydrogen) atoms. The fourth-order valence-corrected chi connectivity index (χ4v) is 2.53. The monoisotopic (exact) mass is 230 g/mol. The summed E-state index contributed by atoms with van der Waals surface area (Å²) in [7, 11) is 0. The molecule has 0 radical (unpaired) electrons. The summed E-state index contributed by atoms with van der Waals surface area (Å²) in [5.41, 5.74) is 3.11. The molecule has 1 aliphatic rings. The topological polar surface area (TPSA) is 38.1 Å². The van der Waals surface area contributed by atoms with Crippen molar-refractivity contribution in [3.63, 3.8) is 0 Å². The number of aryl methyl sites for hydroxylation is 2. The molecule has 2 heterocycles. The lowest BCUT2D eigenvalue weighted by Gasteiger charge is -2.04. The van der Waals surface area contributed by atoms with Gasteiger partial charge in [0.1, 0.15) is 5.52 Å². The van der Waals surface area contributed by atoms with Crippen LogP contribution in [0.25, 0.3) is 11.1 Å². The lowest BCUT2D eigenvalue weighted by molar-refractivity contribution is 0.465. The molecule has 90 valence electrons. The molecule has 3 rings (SSSR count). The van der Waals surface area contributed by atoms with Crippen LogP contribution >= 0.6 is 0 Å². The lowest BCUT2D eigenvalue weighted by Crippen LogP contribution is -2.09. The number of nitrogens with one attached hydrogen (secondary N) is 1. The van der Waals surface area contributed by atoms with Crippen molar-refractivity contribution in [3.8, 4) is 0 Å². The van der Waals surface area contributed by atoms with Gasteiger partial charge in [-0.2, -0.15) is 0 Å². The Morgan fingerprint density at radius 1 is 1.47 bits per heavy atom. The molecule has 1 aliphatic heterocycles. The molecule has 0 amide bonds. The Morgan fingerprint density at radius 3 is 3.18 bits per heavy atom. The summed E-state index contributed by atoms with van der Waals surface area (Å²) in [6, 6.07) is 6.12. The highest BCUT2D eigenvalue weighted by Gasteiger charge is 2.16. The molecule has 3 nitrogen and oxygen atoms in total. The van der Waals surface area contributed by atoms with Crippen LogP contribution in [-0.4, -0.2) is 18.1 Å². The van der Waals surface area contributed by atoms with Gasteiger partial charge in [0.05, 0.1) is 0 Å². The number of hydrogen-bond donors (Lipinski definition) is 1. The molecule has 3 heteroatoms. The Balaban J connectivity index is 1.74. The van der Waals surface area contributed by atoms with Crippen molar-refractivity contribution in [3.05, 3.63) is 29.7 Å². The molecule has 1 fully saturated rings. The maximum absolute atomic E-state index is 5.83. The summed E-state index contributed by atoms with van der Waals surface area (Å²) >= 11 is 0. The molecule has 0 bridgehead atoms. The van der Waals surface area contributed by atoms with Crippen molar-refractivity contribution in [2.45, 2.75) is 26.2 Å². The number of oxazole rings is 1. The minimum Gasteiger partial charge on any atom is -0.440 e. The average molecular weight is 230 g/mol. The first-order valence-electron chi connectivity index (χ1n) is 6.38. The van der Waals surface area contributed by atoms with Crippen molar-refractivity contribution in [2.75, 3.05) is 13.1 Å². The molecular formula is C14H18N2O. The van der Waals surface area contributed by atoms with Gasteiger partial charge in [-0.25, -0.2) is 4.98 Å². The third-order valence-electron chi connectivity index (χ3n) is 3.58. The second-order valence-corrected chi connectivity index (χ2v) is 4.93. The summed E-state index contributed by atoms with van der Waals surface area (Å²) in [5, 5.41) is 3.39. The van der Waals surface area contributed by atoms with E-state index in [1.165, 1.54) is 18.4 Å². The van der Waals surface area contributed by atoms with Crippen LogP contribution in [0.1, 0.15) is 24.3 Å². The van der Waals surface area contributed by atoms with E-state index in [4.69, 9.17) is 4.42 Å². The Morgan fingerprint density at radius 2 is 2.41 bits per heavy atom. The molecule has 0 aliphatic carbocycles. The molecule has 1 aromatic heterocycles.